The van der Waals surface area contributed by atoms with Gasteiger partial charge in [0.05, 0.1) is 37.5 Å². The van der Waals surface area contributed by atoms with Crippen LogP contribution >= 0.6 is 7.60 Å². The second kappa shape index (κ2) is 14.8. The highest BCUT2D eigenvalue weighted by molar-refractivity contribution is 7.54. The maximum Gasteiger partial charge on any atom is 0.363 e. The normalized spacial score (nSPS) is 25.2. The van der Waals surface area contributed by atoms with Crippen LogP contribution in [0.25, 0.3) is 20.9 Å². The fraction of sp³-hybridized carbons (Fsp3) is 0.500. The van der Waals surface area contributed by atoms with Crippen molar-refractivity contribution >= 4 is 7.60 Å². The van der Waals surface area contributed by atoms with Crippen molar-refractivity contribution in [2.24, 2.45) is 10.2 Å². The van der Waals surface area contributed by atoms with E-state index in [1.165, 1.54) is 38.4 Å². The van der Waals surface area contributed by atoms with Gasteiger partial charge in [0.25, 0.3) is 11.1 Å². The van der Waals surface area contributed by atoms with E-state index in [9.17, 15) is 39.9 Å². The lowest BCUT2D eigenvalue weighted by atomic mass is 10.1. The van der Waals surface area contributed by atoms with Crippen LogP contribution in [-0.4, -0.2) is 61.7 Å². The number of aliphatic hydroxyl groups is 1. The number of nitrogens with one attached hydrogen (secondary N) is 2. The minimum Gasteiger partial charge on any atom is -0.376 e. The molecule has 21 heteroatoms. The third kappa shape index (κ3) is 7.77. The SMILES string of the molecule is Cc1ccc(C(O)P(=O)(OC[C@H]2O[C@@H](n3cc(C)c(=O)[nH]c3=O)C[C@@H]2N=[N+]=[N-])OC[C@H]2O[C@@H](n3cc(C)c(=O)[nH]c3=O)C[C@@H]2N=[N+]=[N-])cc1. The summed E-state index contributed by atoms with van der Waals surface area (Å²) in [6.07, 6.45) is -1.50. The molecule has 0 bridgehead atoms. The molecule has 7 atom stereocenters. The minimum absolute atomic E-state index is 0.00386. The molecular weight excluding hydrogens is 667 g/mol. The van der Waals surface area contributed by atoms with Crippen LogP contribution in [0.3, 0.4) is 0 Å². The number of aliphatic hydroxyl groups excluding tert-OH is 1. The van der Waals surface area contributed by atoms with Gasteiger partial charge in [-0.1, -0.05) is 40.1 Å². The van der Waals surface area contributed by atoms with Gasteiger partial charge >= 0.3 is 19.0 Å². The predicted octanol–water partition coefficient (Wildman–Crippen LogP) is 2.86. The number of nitrogens with zero attached hydrogens (tertiary/aromatic N) is 8. The molecule has 0 amide bonds. The number of azide groups is 2. The van der Waals surface area contributed by atoms with Crippen molar-refractivity contribution in [3.63, 3.8) is 0 Å². The first-order chi connectivity index (χ1) is 23.3. The van der Waals surface area contributed by atoms with E-state index in [1.807, 2.05) is 6.92 Å². The molecule has 0 spiro atoms. The van der Waals surface area contributed by atoms with Gasteiger partial charge in [-0.05, 0) is 37.4 Å². The number of rotatable bonds is 12. The molecule has 20 nitrogen and oxygen atoms in total. The van der Waals surface area contributed by atoms with Crippen molar-refractivity contribution in [3.8, 4) is 0 Å². The van der Waals surface area contributed by atoms with Crippen molar-refractivity contribution in [2.75, 3.05) is 13.2 Å². The van der Waals surface area contributed by atoms with Gasteiger partial charge in [-0.2, -0.15) is 0 Å². The van der Waals surface area contributed by atoms with E-state index < -0.39 is 85.9 Å². The van der Waals surface area contributed by atoms with E-state index in [-0.39, 0.29) is 29.5 Å². The second-order valence-electron chi connectivity index (χ2n) is 11.6. The van der Waals surface area contributed by atoms with Gasteiger partial charge in [0, 0.05) is 46.2 Å². The average Bonchev–Trinajstić information content (AvgIpc) is 3.66. The van der Waals surface area contributed by atoms with Crippen molar-refractivity contribution in [3.05, 3.63) is 121 Å². The smallest absolute Gasteiger partial charge is 0.363 e. The van der Waals surface area contributed by atoms with E-state index in [1.54, 1.807) is 12.1 Å². The van der Waals surface area contributed by atoms with Gasteiger partial charge in [-0.3, -0.25) is 33.3 Å². The lowest BCUT2D eigenvalue weighted by molar-refractivity contribution is -0.0375. The Morgan fingerprint density at radius 3 is 1.69 bits per heavy atom. The van der Waals surface area contributed by atoms with Gasteiger partial charge in [0.2, 0.25) is 0 Å². The predicted molar refractivity (Wildman–Crippen MR) is 171 cm³/mol. The molecule has 0 saturated carbocycles. The highest BCUT2D eigenvalue weighted by atomic mass is 31.2. The lowest BCUT2D eigenvalue weighted by Crippen LogP contribution is -2.33. The Morgan fingerprint density at radius 1 is 0.857 bits per heavy atom. The minimum atomic E-state index is -4.58. The summed E-state index contributed by atoms with van der Waals surface area (Å²) >= 11 is 0. The van der Waals surface area contributed by atoms with Crippen molar-refractivity contribution in [1.29, 1.82) is 0 Å². The summed E-state index contributed by atoms with van der Waals surface area (Å²) in [6.45, 7) is 3.76. The molecule has 260 valence electrons. The fourth-order valence-electron chi connectivity index (χ4n) is 5.50. The molecule has 0 radical (unpaired) electrons. The van der Waals surface area contributed by atoms with Crippen molar-refractivity contribution in [1.82, 2.24) is 19.1 Å². The summed E-state index contributed by atoms with van der Waals surface area (Å²) in [6, 6.07) is 4.61. The Hall–Kier alpha value is -4.77. The monoisotopic (exact) mass is 700 g/mol. The molecule has 3 N–H and O–H groups in total. The largest absolute Gasteiger partial charge is 0.376 e. The first kappa shape index (κ1) is 35.5. The maximum absolute atomic E-state index is 14.4. The van der Waals surface area contributed by atoms with Crippen LogP contribution in [0.1, 0.15) is 53.4 Å². The van der Waals surface area contributed by atoms with E-state index in [0.29, 0.717) is 0 Å². The summed E-state index contributed by atoms with van der Waals surface area (Å²) in [4.78, 5) is 58.8. The molecule has 1 unspecified atom stereocenters. The number of aryl methyl sites for hydroxylation is 3. The Kier molecular flexibility index (Phi) is 10.7. The molecule has 0 aliphatic carbocycles. The first-order valence-electron chi connectivity index (χ1n) is 15.0. The summed E-state index contributed by atoms with van der Waals surface area (Å²) in [7, 11) is -4.58. The van der Waals surface area contributed by atoms with E-state index in [0.717, 1.165) is 14.7 Å². The molecule has 1 aromatic carbocycles. The average molecular weight is 701 g/mol. The Balaban J connectivity index is 1.39. The highest BCUT2D eigenvalue weighted by Crippen LogP contribution is 2.60. The van der Waals surface area contributed by atoms with Gasteiger partial charge < -0.3 is 23.6 Å². The van der Waals surface area contributed by atoms with Crippen molar-refractivity contribution < 1.29 is 28.2 Å². The zero-order chi connectivity index (χ0) is 35.5. The van der Waals surface area contributed by atoms with Gasteiger partial charge in [-0.25, -0.2) is 9.59 Å². The van der Waals surface area contributed by atoms with E-state index in [2.05, 4.69) is 30.0 Å². The van der Waals surface area contributed by atoms with Crippen LogP contribution in [0.5, 0.6) is 0 Å². The first-order valence-corrected chi connectivity index (χ1v) is 16.6. The number of aromatic amines is 2. The highest BCUT2D eigenvalue weighted by Gasteiger charge is 2.44. The van der Waals surface area contributed by atoms with Crippen molar-refractivity contribution in [2.45, 2.75) is 76.2 Å². The molecule has 2 saturated heterocycles. The topological polar surface area (TPSA) is 281 Å². The fourth-order valence-corrected chi connectivity index (χ4v) is 7.11. The number of benzene rings is 1. The quantitative estimate of drug-likeness (QED) is 0.107. The van der Waals surface area contributed by atoms with Gasteiger partial charge in [-0.15, -0.1) is 0 Å². The molecule has 2 fully saturated rings. The standard InChI is InChI=1S/C28H33N10O10P/c1-14-4-6-17(7-5-14)26(41)49(44,45-12-20-18(33-35-29)8-22(47-20)37-10-15(2)24(39)31-27(37)42)46-13-21-19(34-36-30)9-23(48-21)38-11-16(3)25(40)32-28(38)43/h4-7,10-11,18-23,26,41H,8-9,12-13H2,1-3H3,(H,31,39,42)(H,32,40,43)/t18-,19-,20+,21+,22+,23+,26?/m0/s1. The number of hydrogen-bond donors (Lipinski definition) is 3. The molecule has 2 aromatic heterocycles. The second-order valence-corrected chi connectivity index (χ2v) is 13.7. The van der Waals surface area contributed by atoms with Crippen LogP contribution in [-0.2, 0) is 23.1 Å². The molecule has 49 heavy (non-hydrogen) atoms. The lowest BCUT2D eigenvalue weighted by Gasteiger charge is -2.27. The van der Waals surface area contributed by atoms with Gasteiger partial charge in [0.15, 0.2) is 5.85 Å². The molecule has 4 heterocycles. The molecule has 3 aromatic rings. The Bertz CT molecular complexity index is 1960. The Labute approximate surface area is 276 Å². The molecule has 2 aliphatic heterocycles. The number of aromatic nitrogens is 4. The molecular formula is C28H33N10O10P. The van der Waals surface area contributed by atoms with Crippen LogP contribution in [0.2, 0.25) is 0 Å². The number of ether oxygens (including phenoxy) is 2. The maximum atomic E-state index is 14.4. The zero-order valence-corrected chi connectivity index (χ0v) is 27.4. The van der Waals surface area contributed by atoms with Crippen LogP contribution in [0.15, 0.2) is 66.1 Å². The van der Waals surface area contributed by atoms with E-state index >= 15 is 0 Å². The van der Waals surface area contributed by atoms with Crippen LogP contribution < -0.4 is 22.5 Å². The summed E-state index contributed by atoms with van der Waals surface area (Å²) in [5, 5.41) is 18.8. The third-order valence-electron chi connectivity index (χ3n) is 8.23. The van der Waals surface area contributed by atoms with Crippen LogP contribution in [0, 0.1) is 20.8 Å². The molecule has 2 aliphatic rings. The summed E-state index contributed by atoms with van der Waals surface area (Å²) in [5.74, 6) is -1.83. The number of hydrogen-bond acceptors (Lipinski definition) is 12. The van der Waals surface area contributed by atoms with Crippen LogP contribution in [0.4, 0.5) is 0 Å². The summed E-state index contributed by atoms with van der Waals surface area (Å²) in [5.41, 5.74) is 17.2. The zero-order valence-electron chi connectivity index (χ0n) is 26.5. The molecule has 5 rings (SSSR count). The number of H-pyrrole nitrogens is 2. The third-order valence-corrected chi connectivity index (χ3v) is 10.1. The van der Waals surface area contributed by atoms with E-state index in [4.69, 9.17) is 18.5 Å². The summed E-state index contributed by atoms with van der Waals surface area (Å²) < 4.78 is 40.2. The Morgan fingerprint density at radius 2 is 1.29 bits per heavy atom. The van der Waals surface area contributed by atoms with Gasteiger partial charge in [0.1, 0.15) is 12.5 Å².